The molecule has 0 spiro atoms. The van der Waals surface area contributed by atoms with Crippen molar-refractivity contribution in [3.8, 4) is 0 Å². The van der Waals surface area contributed by atoms with E-state index >= 15 is 0 Å². The van der Waals surface area contributed by atoms with Crippen molar-refractivity contribution in [2.45, 2.75) is 25.3 Å². The third kappa shape index (κ3) is 2.71. The van der Waals surface area contributed by atoms with Crippen LogP contribution in [0.25, 0.3) is 0 Å². The Kier molecular flexibility index (Phi) is 3.53. The average molecular weight is 237 g/mol. The van der Waals surface area contributed by atoms with Crippen molar-refractivity contribution in [2.75, 3.05) is 11.9 Å². The second kappa shape index (κ2) is 5.09. The molecule has 6 nitrogen and oxygen atoms in total. The summed E-state index contributed by atoms with van der Waals surface area (Å²) in [5.41, 5.74) is -0.0754. The Bertz CT molecular complexity index is 411. The Morgan fingerprint density at radius 3 is 3.00 bits per heavy atom. The molecule has 1 aromatic heterocycles. The molecule has 0 saturated heterocycles. The molecule has 0 radical (unpaired) electrons. The maximum atomic E-state index is 10.7. The van der Waals surface area contributed by atoms with Gasteiger partial charge in [-0.05, 0) is 12.8 Å². The van der Waals surface area contributed by atoms with Crippen LogP contribution in [0.3, 0.4) is 0 Å². The van der Waals surface area contributed by atoms with Gasteiger partial charge in [-0.15, -0.1) is 0 Å². The lowest BCUT2D eigenvalue weighted by Gasteiger charge is -2.19. The number of aromatic nitrogens is 2. The Hall–Kier alpha value is -1.69. The van der Waals surface area contributed by atoms with E-state index in [9.17, 15) is 9.90 Å². The second-order valence-electron chi connectivity index (χ2n) is 4.22. The van der Waals surface area contributed by atoms with Gasteiger partial charge in [0, 0.05) is 18.6 Å². The quantitative estimate of drug-likeness (QED) is 0.715. The lowest BCUT2D eigenvalue weighted by atomic mass is 10.1. The first-order valence-corrected chi connectivity index (χ1v) is 5.63. The van der Waals surface area contributed by atoms with Crippen molar-refractivity contribution in [2.24, 2.45) is 5.92 Å². The molecule has 0 aliphatic heterocycles. The fourth-order valence-corrected chi connectivity index (χ4v) is 2.17. The van der Waals surface area contributed by atoms with Crippen LogP contribution >= 0.6 is 0 Å². The van der Waals surface area contributed by atoms with Gasteiger partial charge >= 0.3 is 5.97 Å². The van der Waals surface area contributed by atoms with Crippen molar-refractivity contribution in [1.82, 2.24) is 9.97 Å². The van der Waals surface area contributed by atoms with Crippen LogP contribution in [-0.4, -0.2) is 38.8 Å². The number of carboxylic acid groups (broad SMARTS) is 1. The van der Waals surface area contributed by atoms with Crippen molar-refractivity contribution in [1.29, 1.82) is 0 Å². The van der Waals surface area contributed by atoms with Crippen LogP contribution in [0.5, 0.6) is 0 Å². The molecule has 6 heteroatoms. The van der Waals surface area contributed by atoms with Crippen LogP contribution in [-0.2, 0) is 0 Å². The molecular weight excluding hydrogens is 222 g/mol. The minimum absolute atomic E-state index is 0.0754. The summed E-state index contributed by atoms with van der Waals surface area (Å²) in [5.74, 6) is -0.424. The lowest BCUT2D eigenvalue weighted by Crippen LogP contribution is -2.27. The van der Waals surface area contributed by atoms with E-state index < -0.39 is 5.97 Å². The second-order valence-corrected chi connectivity index (χ2v) is 4.22. The molecule has 0 amide bonds. The Balaban J connectivity index is 2.07. The summed E-state index contributed by atoms with van der Waals surface area (Å²) >= 11 is 0. The predicted octanol–water partition coefficient (Wildman–Crippen LogP) is 0.748. The standard InChI is InChI=1S/C11H15N3O3/c15-6-7-2-1-3-8(7)13-10-5-12-4-9(14-10)11(16)17/h4-5,7-8,15H,1-3,6H2,(H,13,14)(H,16,17). The van der Waals surface area contributed by atoms with Crippen LogP contribution < -0.4 is 5.32 Å². The van der Waals surface area contributed by atoms with Gasteiger partial charge in [0.1, 0.15) is 5.82 Å². The van der Waals surface area contributed by atoms with Gasteiger partial charge in [0.25, 0.3) is 0 Å². The number of nitrogens with zero attached hydrogens (tertiary/aromatic N) is 2. The molecular formula is C11H15N3O3. The van der Waals surface area contributed by atoms with Crippen LogP contribution in [0.15, 0.2) is 12.4 Å². The summed E-state index contributed by atoms with van der Waals surface area (Å²) in [6.45, 7) is 0.143. The third-order valence-corrected chi connectivity index (χ3v) is 3.08. The van der Waals surface area contributed by atoms with E-state index in [1.807, 2.05) is 0 Å². The van der Waals surface area contributed by atoms with Crippen LogP contribution in [0.4, 0.5) is 5.82 Å². The molecule has 0 aromatic carbocycles. The van der Waals surface area contributed by atoms with Gasteiger partial charge in [-0.3, -0.25) is 4.98 Å². The summed E-state index contributed by atoms with van der Waals surface area (Å²) in [6, 6.07) is 0.151. The zero-order valence-electron chi connectivity index (χ0n) is 9.33. The monoisotopic (exact) mass is 237 g/mol. The molecule has 1 aliphatic rings. The van der Waals surface area contributed by atoms with Gasteiger partial charge < -0.3 is 15.5 Å². The Morgan fingerprint density at radius 1 is 1.47 bits per heavy atom. The highest BCUT2D eigenvalue weighted by molar-refractivity contribution is 5.85. The number of anilines is 1. The summed E-state index contributed by atoms with van der Waals surface area (Å²) in [6.07, 6.45) is 5.73. The van der Waals surface area contributed by atoms with E-state index in [0.29, 0.717) is 5.82 Å². The van der Waals surface area contributed by atoms with Gasteiger partial charge in [-0.25, -0.2) is 9.78 Å². The smallest absolute Gasteiger partial charge is 0.356 e. The molecule has 2 unspecified atom stereocenters. The Morgan fingerprint density at radius 2 is 2.29 bits per heavy atom. The normalized spacial score (nSPS) is 23.6. The first kappa shape index (κ1) is 11.8. The van der Waals surface area contributed by atoms with E-state index in [-0.39, 0.29) is 24.3 Å². The molecule has 2 atom stereocenters. The van der Waals surface area contributed by atoms with Crippen molar-refractivity contribution in [3.63, 3.8) is 0 Å². The molecule has 17 heavy (non-hydrogen) atoms. The maximum absolute atomic E-state index is 10.7. The highest BCUT2D eigenvalue weighted by Gasteiger charge is 2.26. The number of aromatic carboxylic acids is 1. The maximum Gasteiger partial charge on any atom is 0.356 e. The zero-order valence-corrected chi connectivity index (χ0v) is 9.33. The zero-order chi connectivity index (χ0) is 12.3. The minimum atomic E-state index is -1.09. The molecule has 2 rings (SSSR count). The first-order valence-electron chi connectivity index (χ1n) is 5.63. The van der Waals surface area contributed by atoms with Gasteiger partial charge in [-0.2, -0.15) is 0 Å². The molecule has 1 fully saturated rings. The number of aliphatic hydroxyl groups excluding tert-OH is 1. The molecule has 1 aromatic rings. The molecule has 1 saturated carbocycles. The van der Waals surface area contributed by atoms with Crippen LogP contribution in [0, 0.1) is 5.92 Å². The number of carboxylic acids is 1. The van der Waals surface area contributed by atoms with Crippen molar-refractivity contribution >= 4 is 11.8 Å². The molecule has 92 valence electrons. The number of rotatable bonds is 4. The topological polar surface area (TPSA) is 95.3 Å². The van der Waals surface area contributed by atoms with Crippen LogP contribution in [0.1, 0.15) is 29.8 Å². The summed E-state index contributed by atoms with van der Waals surface area (Å²) in [5, 5.41) is 21.1. The van der Waals surface area contributed by atoms with Crippen molar-refractivity contribution in [3.05, 3.63) is 18.1 Å². The highest BCUT2D eigenvalue weighted by atomic mass is 16.4. The largest absolute Gasteiger partial charge is 0.476 e. The highest BCUT2D eigenvalue weighted by Crippen LogP contribution is 2.27. The molecule has 1 aliphatic carbocycles. The molecule has 1 heterocycles. The number of carbonyl (C=O) groups is 1. The summed E-state index contributed by atoms with van der Waals surface area (Å²) < 4.78 is 0. The predicted molar refractivity (Wildman–Crippen MR) is 60.8 cm³/mol. The van der Waals surface area contributed by atoms with Crippen molar-refractivity contribution < 1.29 is 15.0 Å². The van der Waals surface area contributed by atoms with Crippen LogP contribution in [0.2, 0.25) is 0 Å². The van der Waals surface area contributed by atoms with Gasteiger partial charge in [0.2, 0.25) is 0 Å². The fourth-order valence-electron chi connectivity index (χ4n) is 2.17. The molecule has 3 N–H and O–H groups in total. The number of hydrogen-bond acceptors (Lipinski definition) is 5. The summed E-state index contributed by atoms with van der Waals surface area (Å²) in [4.78, 5) is 18.5. The van der Waals surface area contributed by atoms with E-state index in [1.165, 1.54) is 12.4 Å². The van der Waals surface area contributed by atoms with Gasteiger partial charge in [-0.1, -0.05) is 6.42 Å². The summed E-state index contributed by atoms with van der Waals surface area (Å²) in [7, 11) is 0. The average Bonchev–Trinajstić information content (AvgIpc) is 2.76. The SMILES string of the molecule is O=C(O)c1cncc(NC2CCCC2CO)n1. The molecule has 0 bridgehead atoms. The minimum Gasteiger partial charge on any atom is -0.476 e. The van der Waals surface area contributed by atoms with Gasteiger partial charge in [0.15, 0.2) is 5.69 Å². The number of hydrogen-bond donors (Lipinski definition) is 3. The lowest BCUT2D eigenvalue weighted by molar-refractivity contribution is 0.0690. The number of nitrogens with one attached hydrogen (secondary N) is 1. The Labute approximate surface area is 98.7 Å². The third-order valence-electron chi connectivity index (χ3n) is 3.08. The van der Waals surface area contributed by atoms with E-state index in [0.717, 1.165) is 19.3 Å². The van der Waals surface area contributed by atoms with Gasteiger partial charge in [0.05, 0.1) is 12.4 Å². The van der Waals surface area contributed by atoms with E-state index in [4.69, 9.17) is 5.11 Å². The number of aliphatic hydroxyl groups is 1. The fraction of sp³-hybridized carbons (Fsp3) is 0.545. The first-order chi connectivity index (χ1) is 8.20. The van der Waals surface area contributed by atoms with E-state index in [1.54, 1.807) is 0 Å². The van der Waals surface area contributed by atoms with E-state index in [2.05, 4.69) is 15.3 Å².